The van der Waals surface area contributed by atoms with Crippen molar-refractivity contribution in [1.82, 2.24) is 19.5 Å². The Kier molecular flexibility index (Phi) is 2.14. The van der Waals surface area contributed by atoms with Crippen LogP contribution in [0, 0.1) is 0 Å². The van der Waals surface area contributed by atoms with Crippen LogP contribution in [0.2, 0.25) is 0 Å². The van der Waals surface area contributed by atoms with Crippen molar-refractivity contribution >= 4 is 11.8 Å². The second kappa shape index (κ2) is 3.81. The van der Waals surface area contributed by atoms with Gasteiger partial charge in [-0.05, 0) is 5.56 Å². The van der Waals surface area contributed by atoms with Crippen molar-refractivity contribution in [3.8, 4) is 11.5 Å². The summed E-state index contributed by atoms with van der Waals surface area (Å²) >= 11 is 1.83. The molecule has 0 aliphatic carbocycles. The molecule has 18 heavy (non-hydrogen) atoms. The van der Waals surface area contributed by atoms with Crippen molar-refractivity contribution in [2.24, 2.45) is 0 Å². The van der Waals surface area contributed by atoms with Crippen molar-refractivity contribution in [3.63, 3.8) is 0 Å². The van der Waals surface area contributed by atoms with Crippen molar-refractivity contribution in [1.29, 1.82) is 0 Å². The van der Waals surface area contributed by atoms with E-state index in [0.29, 0.717) is 6.04 Å². The van der Waals surface area contributed by atoms with Crippen LogP contribution in [0.15, 0.2) is 48.0 Å². The van der Waals surface area contributed by atoms with Gasteiger partial charge in [0.1, 0.15) is 17.0 Å². The maximum absolute atomic E-state index is 4.36. The average molecular weight is 254 g/mol. The fraction of sp³-hybridized carbons (Fsp3) is 0.154. The van der Waals surface area contributed by atoms with E-state index in [0.717, 1.165) is 17.3 Å². The van der Waals surface area contributed by atoms with Crippen LogP contribution in [-0.2, 0) is 0 Å². The van der Waals surface area contributed by atoms with Crippen molar-refractivity contribution in [2.45, 2.75) is 11.1 Å². The Morgan fingerprint density at radius 3 is 2.89 bits per heavy atom. The molecule has 1 aromatic carbocycles. The van der Waals surface area contributed by atoms with Crippen LogP contribution < -0.4 is 0 Å². The summed E-state index contributed by atoms with van der Waals surface area (Å²) in [7, 11) is 0. The Hall–Kier alpha value is -1.88. The van der Waals surface area contributed by atoms with Crippen LogP contribution in [0.4, 0.5) is 0 Å². The monoisotopic (exact) mass is 254 g/mol. The van der Waals surface area contributed by atoms with Gasteiger partial charge >= 0.3 is 0 Å². The highest BCUT2D eigenvalue weighted by atomic mass is 32.2. The molecule has 3 aliphatic rings. The Bertz CT molecular complexity index is 664. The molecule has 1 aromatic rings. The zero-order valence-corrected chi connectivity index (χ0v) is 10.3. The van der Waals surface area contributed by atoms with Crippen LogP contribution in [0.25, 0.3) is 11.5 Å². The first-order valence-electron chi connectivity index (χ1n) is 5.79. The van der Waals surface area contributed by atoms with Gasteiger partial charge in [0, 0.05) is 5.75 Å². The number of thioether (sulfide) groups is 1. The smallest absolute Gasteiger partial charge is 0.183 e. The molecule has 0 aromatic heterocycles. The lowest BCUT2D eigenvalue weighted by Gasteiger charge is -2.14. The first-order valence-corrected chi connectivity index (χ1v) is 6.77. The van der Waals surface area contributed by atoms with Gasteiger partial charge < -0.3 is 4.57 Å². The zero-order valence-electron chi connectivity index (χ0n) is 9.52. The zero-order chi connectivity index (χ0) is 11.9. The van der Waals surface area contributed by atoms with Crippen LogP contribution in [0.3, 0.4) is 0 Å². The summed E-state index contributed by atoms with van der Waals surface area (Å²) in [6, 6.07) is 10.9. The standard InChI is InChI=1S/C13H10N4S/c1-2-4-9(5-3-1)10-6-18-13-11-12(15-7-14-11)16-8-17(10)13/h1-5,7-8,10H,6H2/t10-/m1/s1. The molecule has 0 radical (unpaired) electrons. The molecule has 3 aliphatic heterocycles. The van der Waals surface area contributed by atoms with Crippen LogP contribution in [-0.4, -0.2) is 25.3 Å². The van der Waals surface area contributed by atoms with Crippen molar-refractivity contribution in [2.75, 3.05) is 5.75 Å². The number of imidazole rings is 1. The fourth-order valence-corrected chi connectivity index (χ4v) is 3.61. The molecule has 4 nitrogen and oxygen atoms in total. The number of benzene rings is 1. The lowest BCUT2D eigenvalue weighted by atomic mass is 10.1. The third kappa shape index (κ3) is 1.37. The van der Waals surface area contributed by atoms with Gasteiger partial charge in [-0.25, -0.2) is 15.0 Å². The molecule has 4 rings (SSSR count). The van der Waals surface area contributed by atoms with Crippen molar-refractivity contribution in [3.05, 3.63) is 48.5 Å². The summed E-state index contributed by atoms with van der Waals surface area (Å²) in [5.41, 5.74) is 2.23. The van der Waals surface area contributed by atoms with E-state index in [1.807, 2.05) is 24.2 Å². The molecule has 0 N–H and O–H groups in total. The molecular formula is C13H10N4S. The van der Waals surface area contributed by atoms with E-state index in [-0.39, 0.29) is 0 Å². The lowest BCUT2D eigenvalue weighted by Crippen LogP contribution is -2.10. The van der Waals surface area contributed by atoms with E-state index >= 15 is 0 Å². The summed E-state index contributed by atoms with van der Waals surface area (Å²) in [5, 5.41) is 1.17. The quantitative estimate of drug-likeness (QED) is 0.626. The summed E-state index contributed by atoms with van der Waals surface area (Å²) in [4.78, 5) is 12.8. The molecule has 0 fully saturated rings. The Labute approximate surface area is 108 Å². The van der Waals surface area contributed by atoms with Gasteiger partial charge in [-0.2, -0.15) is 0 Å². The van der Waals surface area contributed by atoms with Crippen LogP contribution in [0.1, 0.15) is 11.6 Å². The van der Waals surface area contributed by atoms with Gasteiger partial charge in [-0.15, -0.1) is 11.8 Å². The highest BCUT2D eigenvalue weighted by molar-refractivity contribution is 7.99. The van der Waals surface area contributed by atoms with Crippen molar-refractivity contribution < 1.29 is 0 Å². The number of rotatable bonds is 1. The number of hydrogen-bond acceptors (Lipinski definition) is 4. The van der Waals surface area contributed by atoms with E-state index in [9.17, 15) is 0 Å². The molecular weight excluding hydrogens is 244 g/mol. The van der Waals surface area contributed by atoms with Gasteiger partial charge in [0.2, 0.25) is 0 Å². The second-order valence-electron chi connectivity index (χ2n) is 4.24. The third-order valence-electron chi connectivity index (χ3n) is 3.22. The van der Waals surface area contributed by atoms with E-state index in [4.69, 9.17) is 0 Å². The minimum absolute atomic E-state index is 0.347. The van der Waals surface area contributed by atoms with E-state index in [2.05, 4.69) is 43.8 Å². The maximum Gasteiger partial charge on any atom is 0.183 e. The van der Waals surface area contributed by atoms with E-state index in [1.165, 1.54) is 10.6 Å². The third-order valence-corrected chi connectivity index (χ3v) is 4.38. The summed E-state index contributed by atoms with van der Waals surface area (Å²) in [6.45, 7) is 0. The number of nitrogens with zero attached hydrogens (tertiary/aromatic N) is 4. The molecule has 0 bridgehead atoms. The van der Waals surface area contributed by atoms with E-state index < -0.39 is 0 Å². The molecule has 0 spiro atoms. The summed E-state index contributed by atoms with van der Waals surface area (Å²) in [6.07, 6.45) is 3.46. The minimum atomic E-state index is 0.347. The normalized spacial score (nSPS) is 18.1. The number of fused-ring (bicyclic) bond motifs is 3. The Morgan fingerprint density at radius 2 is 2.00 bits per heavy atom. The van der Waals surface area contributed by atoms with Gasteiger partial charge in [0.15, 0.2) is 5.82 Å². The van der Waals surface area contributed by atoms with Gasteiger partial charge in [-0.3, -0.25) is 0 Å². The predicted molar refractivity (Wildman–Crippen MR) is 69.7 cm³/mol. The molecule has 3 heterocycles. The second-order valence-corrected chi connectivity index (χ2v) is 5.25. The highest BCUT2D eigenvalue weighted by Gasteiger charge is 2.28. The molecule has 0 unspecified atom stereocenters. The predicted octanol–water partition coefficient (Wildman–Crippen LogP) is 2.47. The lowest BCUT2D eigenvalue weighted by molar-refractivity contribution is 0.603. The van der Waals surface area contributed by atoms with Crippen LogP contribution >= 0.6 is 11.8 Å². The maximum atomic E-state index is 4.36. The highest BCUT2D eigenvalue weighted by Crippen LogP contribution is 2.41. The molecule has 0 amide bonds. The molecule has 1 atom stereocenters. The van der Waals surface area contributed by atoms with Gasteiger partial charge in [0.05, 0.1) is 12.4 Å². The average Bonchev–Trinajstić information content (AvgIpc) is 3.05. The largest absolute Gasteiger partial charge is 0.317 e. The molecule has 0 saturated carbocycles. The SMILES string of the molecule is c1ccc([C@H]2CSc3c4ncnc-4ncn32)cc1. The van der Waals surface area contributed by atoms with Crippen LogP contribution in [0.5, 0.6) is 0 Å². The topological polar surface area (TPSA) is 43.6 Å². The minimum Gasteiger partial charge on any atom is -0.317 e. The molecule has 88 valence electrons. The number of hydrogen-bond donors (Lipinski definition) is 0. The first-order chi connectivity index (χ1) is 8.93. The fourth-order valence-electron chi connectivity index (χ4n) is 2.33. The molecule has 0 saturated heterocycles. The molecule has 5 heteroatoms. The summed E-state index contributed by atoms with van der Waals surface area (Å²) in [5.74, 6) is 1.76. The van der Waals surface area contributed by atoms with E-state index in [1.54, 1.807) is 6.33 Å². The van der Waals surface area contributed by atoms with Gasteiger partial charge in [-0.1, -0.05) is 30.3 Å². The Morgan fingerprint density at radius 1 is 1.11 bits per heavy atom. The first kappa shape index (κ1) is 10.1. The van der Waals surface area contributed by atoms with Gasteiger partial charge in [0.25, 0.3) is 0 Å². The summed E-state index contributed by atoms with van der Waals surface area (Å²) < 4.78 is 2.21. The Balaban J connectivity index is 1.88. The number of aromatic nitrogens is 4.